The van der Waals surface area contributed by atoms with Crippen LogP contribution in [0.3, 0.4) is 0 Å². The van der Waals surface area contributed by atoms with Crippen LogP contribution >= 0.6 is 0 Å². The van der Waals surface area contributed by atoms with E-state index in [1.807, 2.05) is 20.9 Å². The van der Waals surface area contributed by atoms with Gasteiger partial charge in [0.2, 0.25) is 0 Å². The molecular formula is C17H24N4O2. The standard InChI is InChI=1S/C17H24N4O2/c1-11-9-13(14-12(2)20-21(3)15(14)19-11)16(22)18-10-17(23)7-5-4-6-8-17/h9,23H,4-8,10H2,1-3H3,(H,18,22). The molecule has 2 N–H and O–H groups in total. The van der Waals surface area contributed by atoms with Crippen LogP contribution < -0.4 is 5.32 Å². The van der Waals surface area contributed by atoms with E-state index in [2.05, 4.69) is 15.4 Å². The number of amides is 1. The number of pyridine rings is 1. The molecule has 0 unspecified atom stereocenters. The van der Waals surface area contributed by atoms with E-state index in [1.165, 1.54) is 0 Å². The highest BCUT2D eigenvalue weighted by Gasteiger charge is 2.30. The van der Waals surface area contributed by atoms with Crippen LogP contribution in [0.2, 0.25) is 0 Å². The van der Waals surface area contributed by atoms with Crippen LogP contribution in [0, 0.1) is 13.8 Å². The number of aromatic nitrogens is 3. The zero-order chi connectivity index (χ0) is 16.6. The van der Waals surface area contributed by atoms with Crippen molar-refractivity contribution >= 4 is 16.9 Å². The lowest BCUT2D eigenvalue weighted by atomic mass is 9.85. The molecule has 1 amide bonds. The summed E-state index contributed by atoms with van der Waals surface area (Å²) in [5, 5.41) is 18.6. The molecule has 124 valence electrons. The highest BCUT2D eigenvalue weighted by molar-refractivity contribution is 6.06. The summed E-state index contributed by atoms with van der Waals surface area (Å²) >= 11 is 0. The van der Waals surface area contributed by atoms with Gasteiger partial charge in [-0.1, -0.05) is 19.3 Å². The van der Waals surface area contributed by atoms with Crippen LogP contribution in [0.4, 0.5) is 0 Å². The Labute approximate surface area is 135 Å². The van der Waals surface area contributed by atoms with Gasteiger partial charge in [0.1, 0.15) is 0 Å². The number of fused-ring (bicyclic) bond motifs is 1. The molecule has 0 bridgehead atoms. The Bertz CT molecular complexity index is 745. The molecule has 2 aromatic heterocycles. The minimum Gasteiger partial charge on any atom is -0.388 e. The lowest BCUT2D eigenvalue weighted by molar-refractivity contribution is 0.00527. The van der Waals surface area contributed by atoms with E-state index in [4.69, 9.17) is 0 Å². The maximum absolute atomic E-state index is 12.7. The first-order chi connectivity index (χ1) is 10.9. The highest BCUT2D eigenvalue weighted by atomic mass is 16.3. The van der Waals surface area contributed by atoms with E-state index in [0.29, 0.717) is 17.8 Å². The molecule has 0 radical (unpaired) electrons. The van der Waals surface area contributed by atoms with Gasteiger partial charge in [-0.25, -0.2) is 4.98 Å². The molecule has 6 nitrogen and oxygen atoms in total. The van der Waals surface area contributed by atoms with Crippen LogP contribution in [0.25, 0.3) is 11.0 Å². The Morgan fingerprint density at radius 3 is 2.74 bits per heavy atom. The molecule has 1 aliphatic carbocycles. The molecule has 0 spiro atoms. The van der Waals surface area contributed by atoms with Gasteiger partial charge in [-0.15, -0.1) is 0 Å². The molecule has 1 aliphatic rings. The summed E-state index contributed by atoms with van der Waals surface area (Å²) in [6, 6.07) is 1.79. The van der Waals surface area contributed by atoms with Gasteiger partial charge in [0, 0.05) is 19.3 Å². The Hall–Kier alpha value is -1.95. The SMILES string of the molecule is Cc1cc(C(=O)NCC2(O)CCCCC2)c2c(C)nn(C)c2n1. The number of nitrogens with zero attached hydrogens (tertiary/aromatic N) is 3. The van der Waals surface area contributed by atoms with E-state index in [1.54, 1.807) is 10.7 Å². The third kappa shape index (κ3) is 3.08. The van der Waals surface area contributed by atoms with Crippen molar-refractivity contribution in [1.82, 2.24) is 20.1 Å². The van der Waals surface area contributed by atoms with Crippen molar-refractivity contribution in [3.05, 3.63) is 23.0 Å². The van der Waals surface area contributed by atoms with Crippen molar-refractivity contribution < 1.29 is 9.90 Å². The highest BCUT2D eigenvalue weighted by Crippen LogP contribution is 2.27. The monoisotopic (exact) mass is 316 g/mol. The van der Waals surface area contributed by atoms with Gasteiger partial charge in [-0.3, -0.25) is 9.48 Å². The molecule has 3 rings (SSSR count). The van der Waals surface area contributed by atoms with Crippen LogP contribution in [-0.2, 0) is 7.05 Å². The first-order valence-corrected chi connectivity index (χ1v) is 8.21. The molecular weight excluding hydrogens is 292 g/mol. The number of nitrogens with one attached hydrogen (secondary N) is 1. The number of hydrogen-bond donors (Lipinski definition) is 2. The Morgan fingerprint density at radius 2 is 2.04 bits per heavy atom. The predicted octanol–water partition coefficient (Wildman–Crippen LogP) is 2.01. The second kappa shape index (κ2) is 5.92. The first kappa shape index (κ1) is 15.9. The van der Waals surface area contributed by atoms with E-state index >= 15 is 0 Å². The fourth-order valence-electron chi connectivity index (χ4n) is 3.48. The van der Waals surface area contributed by atoms with E-state index in [-0.39, 0.29) is 5.91 Å². The van der Waals surface area contributed by atoms with E-state index in [0.717, 1.165) is 48.9 Å². The number of rotatable bonds is 3. The number of aryl methyl sites for hydroxylation is 3. The van der Waals surface area contributed by atoms with Crippen LogP contribution in [0.5, 0.6) is 0 Å². The van der Waals surface area contributed by atoms with Gasteiger partial charge in [0.25, 0.3) is 5.91 Å². The zero-order valence-electron chi connectivity index (χ0n) is 14.0. The second-order valence-electron chi connectivity index (χ2n) is 6.69. The van der Waals surface area contributed by atoms with Gasteiger partial charge >= 0.3 is 0 Å². The normalized spacial score (nSPS) is 17.4. The lowest BCUT2D eigenvalue weighted by Gasteiger charge is -2.32. The number of hydrogen-bond acceptors (Lipinski definition) is 4. The van der Waals surface area contributed by atoms with Gasteiger partial charge in [-0.05, 0) is 32.8 Å². The molecule has 0 aromatic carbocycles. The first-order valence-electron chi connectivity index (χ1n) is 8.21. The topological polar surface area (TPSA) is 80.0 Å². The molecule has 0 saturated heterocycles. The summed E-state index contributed by atoms with van der Waals surface area (Å²) in [5.74, 6) is -0.171. The maximum atomic E-state index is 12.7. The molecule has 1 fully saturated rings. The molecule has 1 saturated carbocycles. The number of carbonyl (C=O) groups excluding carboxylic acids is 1. The second-order valence-corrected chi connectivity index (χ2v) is 6.69. The van der Waals surface area contributed by atoms with Crippen molar-refractivity contribution in [2.45, 2.75) is 51.6 Å². The van der Waals surface area contributed by atoms with Gasteiger partial charge in [0.15, 0.2) is 5.65 Å². The molecule has 2 heterocycles. The largest absolute Gasteiger partial charge is 0.388 e. The molecule has 23 heavy (non-hydrogen) atoms. The lowest BCUT2D eigenvalue weighted by Crippen LogP contribution is -2.44. The smallest absolute Gasteiger partial charge is 0.252 e. The fraction of sp³-hybridized carbons (Fsp3) is 0.588. The molecule has 0 aliphatic heterocycles. The van der Waals surface area contributed by atoms with E-state index in [9.17, 15) is 9.90 Å². The summed E-state index contributed by atoms with van der Waals surface area (Å²) in [6.07, 6.45) is 4.71. The Kier molecular flexibility index (Phi) is 4.10. The zero-order valence-corrected chi connectivity index (χ0v) is 14.0. The third-order valence-corrected chi connectivity index (χ3v) is 4.70. The number of aliphatic hydroxyl groups is 1. The molecule has 6 heteroatoms. The quantitative estimate of drug-likeness (QED) is 0.908. The van der Waals surface area contributed by atoms with Gasteiger partial charge in [-0.2, -0.15) is 5.10 Å². The number of carbonyl (C=O) groups is 1. The van der Waals surface area contributed by atoms with Crippen LogP contribution in [0.1, 0.15) is 53.8 Å². The molecule has 2 aromatic rings. The summed E-state index contributed by atoms with van der Waals surface area (Å²) in [7, 11) is 1.83. The Morgan fingerprint density at radius 1 is 1.35 bits per heavy atom. The Balaban J connectivity index is 1.86. The van der Waals surface area contributed by atoms with Crippen molar-refractivity contribution in [2.75, 3.05) is 6.54 Å². The van der Waals surface area contributed by atoms with Crippen LogP contribution in [-0.4, -0.2) is 37.9 Å². The average molecular weight is 316 g/mol. The minimum atomic E-state index is -0.765. The van der Waals surface area contributed by atoms with Crippen molar-refractivity contribution in [3.8, 4) is 0 Å². The van der Waals surface area contributed by atoms with Crippen molar-refractivity contribution in [1.29, 1.82) is 0 Å². The van der Waals surface area contributed by atoms with Crippen molar-refractivity contribution in [2.24, 2.45) is 7.05 Å². The maximum Gasteiger partial charge on any atom is 0.252 e. The predicted molar refractivity (Wildman–Crippen MR) is 88.4 cm³/mol. The molecule has 0 atom stereocenters. The van der Waals surface area contributed by atoms with Crippen LogP contribution in [0.15, 0.2) is 6.07 Å². The summed E-state index contributed by atoms with van der Waals surface area (Å²) in [6.45, 7) is 4.05. The van der Waals surface area contributed by atoms with Crippen molar-refractivity contribution in [3.63, 3.8) is 0 Å². The van der Waals surface area contributed by atoms with E-state index < -0.39 is 5.60 Å². The van der Waals surface area contributed by atoms with Gasteiger partial charge < -0.3 is 10.4 Å². The summed E-state index contributed by atoms with van der Waals surface area (Å²) in [4.78, 5) is 17.1. The average Bonchev–Trinajstić information content (AvgIpc) is 2.79. The summed E-state index contributed by atoms with van der Waals surface area (Å²) < 4.78 is 1.70. The van der Waals surface area contributed by atoms with Gasteiger partial charge in [0.05, 0.1) is 22.2 Å². The minimum absolute atomic E-state index is 0.171. The third-order valence-electron chi connectivity index (χ3n) is 4.70. The fourth-order valence-corrected chi connectivity index (χ4v) is 3.48. The summed E-state index contributed by atoms with van der Waals surface area (Å²) in [5.41, 5.74) is 2.10.